The van der Waals surface area contributed by atoms with Gasteiger partial charge in [-0.1, -0.05) is 36.4 Å². The molecule has 20 nitrogen and oxygen atoms in total. The van der Waals surface area contributed by atoms with Crippen molar-refractivity contribution in [1.29, 1.82) is 0 Å². The van der Waals surface area contributed by atoms with Crippen LogP contribution in [0.4, 0.5) is 0 Å². The first-order valence-electron chi connectivity index (χ1n) is 24.8. The van der Waals surface area contributed by atoms with Crippen molar-refractivity contribution in [2.24, 2.45) is 0 Å². The molecule has 2 amide bonds. The van der Waals surface area contributed by atoms with Crippen molar-refractivity contribution in [2.75, 3.05) is 26.4 Å². The van der Waals surface area contributed by atoms with Crippen molar-refractivity contribution < 1.29 is 87.1 Å². The summed E-state index contributed by atoms with van der Waals surface area (Å²) >= 11 is 0. The van der Waals surface area contributed by atoms with Crippen LogP contribution in [0, 0.1) is 0 Å². The Labute approximate surface area is 439 Å². The zero-order chi connectivity index (χ0) is 53.7. The maximum Gasteiger partial charge on any atom is 0.341 e. The number of carboxylic acids is 4. The van der Waals surface area contributed by atoms with Gasteiger partial charge in [-0.25, -0.2) is 19.2 Å². The number of fused-ring (bicyclic) bond motifs is 2. The first kappa shape index (κ1) is 47.7. The highest BCUT2D eigenvalue weighted by molar-refractivity contribution is 6.13. The molecule has 78 heavy (non-hydrogen) atoms. The highest BCUT2D eigenvalue weighted by atomic mass is 16.7. The van der Waals surface area contributed by atoms with E-state index in [-0.39, 0.29) is 47.2 Å². The van der Waals surface area contributed by atoms with Crippen LogP contribution < -0.4 is 48.5 Å². The second-order valence-electron chi connectivity index (χ2n) is 19.3. The SMILES string of the molecule is O=C(O)COc1ccc2c3c4ccc2c1CNC(=O)c1c(OCC(=O)O)ccc2c5c(ccc12)OC1CC5c2c(ccc5c(c(OCC(=O)O)ccc25)CNC(=O)c2c(OCC(=O)O)ccc5c6c(ccc25)OC(CC36)O4)O1. The minimum Gasteiger partial charge on any atom is -0.482 e. The fourth-order valence-corrected chi connectivity index (χ4v) is 11.9. The van der Waals surface area contributed by atoms with E-state index < -0.39 is 86.5 Å². The third-order valence-electron chi connectivity index (χ3n) is 14.9. The first-order chi connectivity index (χ1) is 37.8. The van der Waals surface area contributed by atoms with Crippen LogP contribution >= 0.6 is 0 Å². The molecule has 0 radical (unpaired) electrons. The molecule has 5 aliphatic heterocycles. The number of amides is 2. The molecular weight excluding hydrogens is 1010 g/mol. The van der Waals surface area contributed by atoms with Crippen molar-refractivity contribution in [3.63, 3.8) is 0 Å². The number of hydrogen-bond acceptors (Lipinski definition) is 14. The van der Waals surface area contributed by atoms with Gasteiger partial charge in [0.15, 0.2) is 26.4 Å². The minimum atomic E-state index is -1.27. The van der Waals surface area contributed by atoms with Crippen molar-refractivity contribution in [3.8, 4) is 46.0 Å². The molecule has 13 rings (SSSR count). The van der Waals surface area contributed by atoms with Gasteiger partial charge in [-0.15, -0.1) is 0 Å². The van der Waals surface area contributed by atoms with E-state index in [1.165, 1.54) is 12.1 Å². The fraction of sp³-hybridized carbons (Fsp3) is 0.207. The van der Waals surface area contributed by atoms with E-state index in [1.54, 1.807) is 84.9 Å². The molecule has 392 valence electrons. The number of aliphatic carboxylic acids is 4. The first-order valence-corrected chi connectivity index (χ1v) is 24.8. The van der Waals surface area contributed by atoms with Gasteiger partial charge < -0.3 is 69.0 Å². The Morgan fingerprint density at radius 3 is 1.01 bits per heavy atom. The fourth-order valence-electron chi connectivity index (χ4n) is 11.9. The van der Waals surface area contributed by atoms with Gasteiger partial charge >= 0.3 is 23.9 Å². The normalized spacial score (nSPS) is 18.3. The van der Waals surface area contributed by atoms with E-state index in [2.05, 4.69) is 10.6 Å². The molecule has 8 aromatic rings. The molecule has 20 heteroatoms. The molecule has 5 heterocycles. The van der Waals surface area contributed by atoms with Crippen LogP contribution in [0.3, 0.4) is 0 Å². The Kier molecular flexibility index (Phi) is 11.3. The lowest BCUT2D eigenvalue weighted by atomic mass is 9.78. The third kappa shape index (κ3) is 7.90. The van der Waals surface area contributed by atoms with E-state index in [4.69, 9.17) is 37.9 Å². The molecule has 0 saturated heterocycles. The maximum absolute atomic E-state index is 15.1. The number of carboxylic acid groups (broad SMARTS) is 4. The average Bonchev–Trinajstić information content (AvgIpc) is 3.49. The summed E-state index contributed by atoms with van der Waals surface area (Å²) in [5.74, 6) is -5.09. The van der Waals surface area contributed by atoms with Crippen LogP contribution in [0.25, 0.3) is 43.1 Å². The molecule has 6 N–H and O–H groups in total. The lowest BCUT2D eigenvalue weighted by Gasteiger charge is -2.39. The van der Waals surface area contributed by atoms with Crippen molar-refractivity contribution in [2.45, 2.75) is 50.3 Å². The molecule has 8 aromatic carbocycles. The van der Waals surface area contributed by atoms with Crippen LogP contribution in [0.2, 0.25) is 0 Å². The second kappa shape index (κ2) is 18.4. The van der Waals surface area contributed by atoms with Gasteiger partial charge in [-0.2, -0.15) is 0 Å². The smallest absolute Gasteiger partial charge is 0.341 e. The number of benzene rings is 8. The summed E-state index contributed by atoms with van der Waals surface area (Å²) in [5, 5.41) is 49.5. The number of carbonyl (C=O) groups excluding carboxylic acids is 2. The van der Waals surface area contributed by atoms with Crippen molar-refractivity contribution in [3.05, 3.63) is 142 Å². The molecular formula is C58H42N2O18. The average molecular weight is 1050 g/mol. The van der Waals surface area contributed by atoms with E-state index in [0.717, 1.165) is 11.1 Å². The Hall–Kier alpha value is -9.98. The Morgan fingerprint density at radius 2 is 0.679 bits per heavy atom. The molecule has 4 atom stereocenters. The summed E-state index contributed by atoms with van der Waals surface area (Å²) < 4.78 is 49.2. The van der Waals surface area contributed by atoms with Gasteiger partial charge in [0.1, 0.15) is 46.0 Å². The number of hydrogen-bond donors (Lipinski definition) is 6. The molecule has 0 fully saturated rings. The Morgan fingerprint density at radius 1 is 0.397 bits per heavy atom. The summed E-state index contributed by atoms with van der Waals surface area (Å²) in [6.07, 6.45) is -0.827. The highest BCUT2D eigenvalue weighted by Gasteiger charge is 2.42. The molecule has 5 aliphatic rings. The van der Waals surface area contributed by atoms with Crippen molar-refractivity contribution >= 4 is 78.8 Å². The summed E-state index contributed by atoms with van der Waals surface area (Å²) in [4.78, 5) is 78.0. The second-order valence-corrected chi connectivity index (χ2v) is 19.3. The van der Waals surface area contributed by atoms with Gasteiger partial charge in [0.2, 0.25) is 12.6 Å². The number of carbonyl (C=O) groups is 6. The third-order valence-corrected chi connectivity index (χ3v) is 14.9. The number of ether oxygens (including phenoxy) is 8. The van der Waals surface area contributed by atoms with Gasteiger partial charge in [0.25, 0.3) is 11.8 Å². The van der Waals surface area contributed by atoms with Gasteiger partial charge in [0.05, 0.1) is 11.1 Å². The lowest BCUT2D eigenvalue weighted by Crippen LogP contribution is -2.35. The lowest BCUT2D eigenvalue weighted by molar-refractivity contribution is -0.140. The molecule has 0 saturated carbocycles. The van der Waals surface area contributed by atoms with E-state index in [0.29, 0.717) is 101 Å². The molecule has 20 bridgehead atoms. The monoisotopic (exact) mass is 1050 g/mol. The van der Waals surface area contributed by atoms with Crippen molar-refractivity contribution in [1.82, 2.24) is 10.6 Å². The van der Waals surface area contributed by atoms with E-state index in [1.807, 2.05) is 0 Å². The molecule has 0 aliphatic carbocycles. The number of nitrogens with one attached hydrogen (secondary N) is 2. The van der Waals surface area contributed by atoms with Gasteiger partial charge in [-0.3, -0.25) is 9.59 Å². The topological polar surface area (TPSA) is 281 Å². The Bertz CT molecular complexity index is 3750. The largest absolute Gasteiger partial charge is 0.482 e. The maximum atomic E-state index is 15.1. The van der Waals surface area contributed by atoms with Crippen LogP contribution in [0.5, 0.6) is 46.0 Å². The zero-order valence-corrected chi connectivity index (χ0v) is 40.7. The van der Waals surface area contributed by atoms with Crippen LogP contribution in [-0.4, -0.2) is 95.1 Å². The van der Waals surface area contributed by atoms with E-state index in [9.17, 15) is 39.6 Å². The van der Waals surface area contributed by atoms with Gasteiger partial charge in [-0.05, 0) is 104 Å². The Balaban J connectivity index is 1.06. The highest BCUT2D eigenvalue weighted by Crippen LogP contribution is 2.55. The summed E-state index contributed by atoms with van der Waals surface area (Å²) in [6.45, 7) is -3.38. The molecule has 4 unspecified atom stereocenters. The van der Waals surface area contributed by atoms with E-state index >= 15 is 9.59 Å². The summed E-state index contributed by atoms with van der Waals surface area (Å²) in [7, 11) is 0. The molecule has 0 spiro atoms. The molecule has 0 aromatic heterocycles. The van der Waals surface area contributed by atoms with Crippen LogP contribution in [0.15, 0.2) is 97.1 Å². The van der Waals surface area contributed by atoms with Gasteiger partial charge in [0, 0.05) is 71.1 Å². The standard InChI is InChI=1S/C58H42N2O18/c61-45(62)21-71-37-9-3-27-25-1-13-41-51(27)33-17-49(75-41)77-43-15-7-31-29(53(33)43)5-11-40(74-24-48(67)68)56(31)58(70)60-20-36-26-2-14-42-52(28(26)4-10-38(36)72-22-46(63)64)34-18-50(76-42)78-44-16-8-32-30(54(34)44)6-12-39(73-23-47(65)66)55(32)57(69)59-19-35(25)37/h1-16,33-34,49-50H,17-24H2,(H,59,69)(H,60,70)(H,61,62)(H,63,64)(H,65,66)(H,67,68). The summed E-state index contributed by atoms with van der Waals surface area (Å²) in [5.41, 5.74) is 3.67. The quantitative estimate of drug-likeness (QED) is 0.0687. The predicted molar refractivity (Wildman–Crippen MR) is 274 cm³/mol. The van der Waals surface area contributed by atoms with Crippen LogP contribution in [0.1, 0.15) is 78.8 Å². The number of rotatable bonds is 12. The predicted octanol–water partition coefficient (Wildman–Crippen LogP) is 7.59. The minimum absolute atomic E-state index is 0.0169. The van der Waals surface area contributed by atoms with Crippen LogP contribution in [-0.2, 0) is 32.3 Å². The zero-order valence-electron chi connectivity index (χ0n) is 40.7. The summed E-state index contributed by atoms with van der Waals surface area (Å²) in [6, 6.07) is 27.2.